The fraction of sp³-hybridized carbons (Fsp3) is 0.0588. The van der Waals surface area contributed by atoms with Gasteiger partial charge in [0.1, 0.15) is 29.3 Å². The Morgan fingerprint density at radius 2 is 2.00 bits per heavy atom. The molecule has 4 aromatic rings. The number of benzene rings is 1. The molecular weight excluding hydrogens is 323 g/mol. The average molecular weight is 336 g/mol. The minimum atomic E-state index is -0.300. The summed E-state index contributed by atoms with van der Waals surface area (Å²) in [5.74, 6) is 0.430. The number of nitrogen functional groups attached to an aromatic ring is 1. The van der Waals surface area contributed by atoms with Crippen molar-refractivity contribution in [1.29, 1.82) is 0 Å². The third-order valence-corrected chi connectivity index (χ3v) is 3.66. The minimum absolute atomic E-state index is 0.233. The third-order valence-electron chi connectivity index (χ3n) is 3.66. The van der Waals surface area contributed by atoms with Crippen LogP contribution < -0.4 is 5.73 Å². The number of halogens is 1. The van der Waals surface area contributed by atoms with Crippen LogP contribution in [0.5, 0.6) is 0 Å². The number of aromatic nitrogens is 5. The summed E-state index contributed by atoms with van der Waals surface area (Å²) in [4.78, 5) is 12.5. The number of rotatable bonds is 4. The Morgan fingerprint density at radius 1 is 1.12 bits per heavy atom. The summed E-state index contributed by atoms with van der Waals surface area (Å²) < 4.78 is 20.7. The Labute approximate surface area is 142 Å². The topological polar surface area (TPSA) is 95.7 Å². The van der Waals surface area contributed by atoms with Gasteiger partial charge in [-0.2, -0.15) is 5.10 Å². The first kappa shape index (κ1) is 15.0. The molecule has 0 atom stereocenters. The molecule has 3 aromatic heterocycles. The second-order valence-electron chi connectivity index (χ2n) is 5.34. The van der Waals surface area contributed by atoms with Crippen LogP contribution in [0.2, 0.25) is 0 Å². The van der Waals surface area contributed by atoms with Crippen molar-refractivity contribution in [2.24, 2.45) is 0 Å². The SMILES string of the molecule is Nc1ccnc(-c2cc(-c3cocn3)n(Cc3ccccc3F)n2)n1. The number of hydrogen-bond acceptors (Lipinski definition) is 6. The van der Waals surface area contributed by atoms with Gasteiger partial charge in [-0.1, -0.05) is 18.2 Å². The van der Waals surface area contributed by atoms with E-state index in [1.54, 1.807) is 41.2 Å². The third kappa shape index (κ3) is 2.97. The van der Waals surface area contributed by atoms with Crippen molar-refractivity contribution in [3.05, 3.63) is 66.6 Å². The van der Waals surface area contributed by atoms with Crippen LogP contribution in [0, 0.1) is 5.82 Å². The van der Waals surface area contributed by atoms with E-state index in [-0.39, 0.29) is 12.4 Å². The number of anilines is 1. The molecule has 0 fully saturated rings. The molecule has 0 unspecified atom stereocenters. The van der Waals surface area contributed by atoms with E-state index in [4.69, 9.17) is 10.2 Å². The molecule has 124 valence electrons. The minimum Gasteiger partial charge on any atom is -0.451 e. The van der Waals surface area contributed by atoms with Crippen molar-refractivity contribution in [2.45, 2.75) is 6.54 Å². The number of hydrogen-bond donors (Lipinski definition) is 1. The normalized spacial score (nSPS) is 10.9. The van der Waals surface area contributed by atoms with Crippen molar-refractivity contribution in [2.75, 3.05) is 5.73 Å². The van der Waals surface area contributed by atoms with Gasteiger partial charge in [0, 0.05) is 11.8 Å². The molecule has 8 heteroatoms. The van der Waals surface area contributed by atoms with Crippen molar-refractivity contribution >= 4 is 5.82 Å². The molecule has 1 aromatic carbocycles. The summed E-state index contributed by atoms with van der Waals surface area (Å²) in [6.45, 7) is 0.233. The Bertz CT molecular complexity index is 1010. The molecule has 2 N–H and O–H groups in total. The Hall–Kier alpha value is -3.55. The molecular formula is C17H13FN6O. The predicted molar refractivity (Wildman–Crippen MR) is 88.7 cm³/mol. The van der Waals surface area contributed by atoms with Crippen molar-refractivity contribution in [3.63, 3.8) is 0 Å². The van der Waals surface area contributed by atoms with Gasteiger partial charge >= 0.3 is 0 Å². The lowest BCUT2D eigenvalue weighted by atomic mass is 10.2. The molecule has 7 nitrogen and oxygen atoms in total. The maximum Gasteiger partial charge on any atom is 0.182 e. The van der Waals surface area contributed by atoms with E-state index >= 15 is 0 Å². The zero-order valence-corrected chi connectivity index (χ0v) is 13.0. The molecule has 0 aliphatic heterocycles. The smallest absolute Gasteiger partial charge is 0.182 e. The number of nitrogens with zero attached hydrogens (tertiary/aromatic N) is 5. The molecule has 0 saturated heterocycles. The highest BCUT2D eigenvalue weighted by atomic mass is 19.1. The Morgan fingerprint density at radius 3 is 2.76 bits per heavy atom. The zero-order valence-electron chi connectivity index (χ0n) is 13.0. The van der Waals surface area contributed by atoms with E-state index in [1.807, 2.05) is 0 Å². The first-order valence-electron chi connectivity index (χ1n) is 7.49. The Kier molecular flexibility index (Phi) is 3.70. The summed E-state index contributed by atoms with van der Waals surface area (Å²) >= 11 is 0. The molecule has 25 heavy (non-hydrogen) atoms. The molecule has 3 heterocycles. The monoisotopic (exact) mass is 336 g/mol. The first-order valence-corrected chi connectivity index (χ1v) is 7.49. The summed E-state index contributed by atoms with van der Waals surface area (Å²) in [5, 5.41) is 4.50. The molecule has 0 bridgehead atoms. The largest absolute Gasteiger partial charge is 0.451 e. The zero-order chi connectivity index (χ0) is 17.2. The molecule has 0 spiro atoms. The maximum atomic E-state index is 14.0. The molecule has 0 saturated carbocycles. The fourth-order valence-electron chi connectivity index (χ4n) is 2.48. The van der Waals surface area contributed by atoms with Crippen LogP contribution >= 0.6 is 0 Å². The van der Waals surface area contributed by atoms with Crippen molar-refractivity contribution < 1.29 is 8.81 Å². The van der Waals surface area contributed by atoms with E-state index in [2.05, 4.69) is 20.1 Å². The van der Waals surface area contributed by atoms with Gasteiger partial charge in [-0.25, -0.2) is 19.3 Å². The highest BCUT2D eigenvalue weighted by Gasteiger charge is 2.16. The van der Waals surface area contributed by atoms with Crippen LogP contribution in [0.1, 0.15) is 5.56 Å². The van der Waals surface area contributed by atoms with E-state index in [1.165, 1.54) is 18.7 Å². The van der Waals surface area contributed by atoms with Gasteiger partial charge in [0.25, 0.3) is 0 Å². The van der Waals surface area contributed by atoms with Crippen LogP contribution in [0.4, 0.5) is 10.2 Å². The van der Waals surface area contributed by atoms with Gasteiger partial charge in [0.2, 0.25) is 0 Å². The van der Waals surface area contributed by atoms with Crippen LogP contribution in [0.25, 0.3) is 22.9 Å². The van der Waals surface area contributed by atoms with E-state index < -0.39 is 0 Å². The molecule has 0 aliphatic carbocycles. The van der Waals surface area contributed by atoms with E-state index in [9.17, 15) is 4.39 Å². The second-order valence-corrected chi connectivity index (χ2v) is 5.34. The molecule has 0 amide bonds. The van der Waals surface area contributed by atoms with Gasteiger partial charge in [-0.3, -0.25) is 4.68 Å². The molecule has 4 rings (SSSR count). The van der Waals surface area contributed by atoms with Gasteiger partial charge in [-0.05, 0) is 18.2 Å². The van der Waals surface area contributed by atoms with Gasteiger partial charge in [0.15, 0.2) is 12.2 Å². The lowest BCUT2D eigenvalue weighted by Gasteiger charge is -2.06. The standard InChI is InChI=1S/C17H13FN6O/c18-12-4-2-1-3-11(12)8-24-15(14-9-25-10-21-14)7-13(23-24)17-20-6-5-16(19)22-17/h1-7,9-10H,8H2,(H2,19,20,22). The van der Waals surface area contributed by atoms with Crippen molar-refractivity contribution in [1.82, 2.24) is 24.7 Å². The summed E-state index contributed by atoms with van der Waals surface area (Å²) in [6, 6.07) is 9.91. The molecule has 0 aliphatic rings. The van der Waals surface area contributed by atoms with Crippen molar-refractivity contribution in [3.8, 4) is 22.9 Å². The summed E-state index contributed by atoms with van der Waals surface area (Å²) in [5.41, 5.74) is 7.99. The summed E-state index contributed by atoms with van der Waals surface area (Å²) in [6.07, 6.45) is 4.38. The predicted octanol–water partition coefficient (Wildman–Crippen LogP) is 2.76. The van der Waals surface area contributed by atoms with E-state index in [0.717, 1.165) is 0 Å². The summed E-state index contributed by atoms with van der Waals surface area (Å²) in [7, 11) is 0. The van der Waals surface area contributed by atoms with Crippen LogP contribution in [-0.2, 0) is 6.54 Å². The van der Waals surface area contributed by atoms with Gasteiger partial charge in [0.05, 0.1) is 12.2 Å². The van der Waals surface area contributed by atoms with Crippen LogP contribution in [0.15, 0.2) is 59.7 Å². The van der Waals surface area contributed by atoms with Gasteiger partial charge in [-0.15, -0.1) is 0 Å². The number of oxazole rings is 1. The highest BCUT2D eigenvalue weighted by Crippen LogP contribution is 2.25. The first-order chi connectivity index (χ1) is 12.2. The molecule has 0 radical (unpaired) electrons. The Balaban J connectivity index is 1.80. The van der Waals surface area contributed by atoms with E-state index in [0.29, 0.717) is 34.3 Å². The maximum absolute atomic E-state index is 14.0. The van der Waals surface area contributed by atoms with Crippen LogP contribution in [0.3, 0.4) is 0 Å². The highest BCUT2D eigenvalue weighted by molar-refractivity contribution is 5.62. The van der Waals surface area contributed by atoms with Gasteiger partial charge < -0.3 is 10.2 Å². The average Bonchev–Trinajstić information content (AvgIpc) is 3.26. The fourth-order valence-corrected chi connectivity index (χ4v) is 2.48. The van der Waals surface area contributed by atoms with Crippen LogP contribution in [-0.4, -0.2) is 24.7 Å². The quantitative estimate of drug-likeness (QED) is 0.615. The lowest BCUT2D eigenvalue weighted by molar-refractivity contribution is 0.557. The second kappa shape index (κ2) is 6.16. The number of nitrogens with two attached hydrogens (primary N) is 1. The lowest BCUT2D eigenvalue weighted by Crippen LogP contribution is -2.06.